The molecule has 0 spiro atoms. The summed E-state index contributed by atoms with van der Waals surface area (Å²) in [5, 5.41) is 0. The van der Waals surface area contributed by atoms with Crippen molar-refractivity contribution in [3.8, 4) is 0 Å². The largest absolute Gasteiger partial charge is 0.326 e. The van der Waals surface area contributed by atoms with Crippen LogP contribution in [-0.2, 0) is 0 Å². The minimum Gasteiger partial charge on any atom is -0.326 e. The van der Waals surface area contributed by atoms with E-state index in [1.165, 1.54) is 64.5 Å². The van der Waals surface area contributed by atoms with Crippen LogP contribution in [0.4, 0.5) is 0 Å². The molecule has 1 aliphatic heterocycles. The van der Waals surface area contributed by atoms with Crippen LogP contribution in [0.3, 0.4) is 0 Å². The summed E-state index contributed by atoms with van der Waals surface area (Å²) in [5.41, 5.74) is 6.35. The molecule has 0 aromatic heterocycles. The van der Waals surface area contributed by atoms with Crippen molar-refractivity contribution >= 4 is 0 Å². The summed E-state index contributed by atoms with van der Waals surface area (Å²) < 4.78 is 0. The van der Waals surface area contributed by atoms with Gasteiger partial charge in [0.2, 0.25) is 0 Å². The second-order valence-corrected chi connectivity index (χ2v) is 5.94. The van der Waals surface area contributed by atoms with E-state index in [0.29, 0.717) is 12.1 Å². The zero-order valence-electron chi connectivity index (χ0n) is 10.8. The van der Waals surface area contributed by atoms with E-state index in [2.05, 4.69) is 11.8 Å². The van der Waals surface area contributed by atoms with E-state index in [9.17, 15) is 0 Å². The van der Waals surface area contributed by atoms with Crippen LogP contribution in [0.15, 0.2) is 0 Å². The summed E-state index contributed by atoms with van der Waals surface area (Å²) in [6.07, 6.45) is 10.9. The van der Waals surface area contributed by atoms with E-state index in [1.54, 1.807) is 0 Å². The monoisotopic (exact) mass is 224 g/mol. The van der Waals surface area contributed by atoms with Gasteiger partial charge in [-0.15, -0.1) is 0 Å². The molecule has 0 aromatic carbocycles. The Balaban J connectivity index is 1.93. The number of hydrogen-bond donors (Lipinski definition) is 1. The SMILES string of the molecule is CC1CCCN(C2CCCCCC2N)CC1. The number of hydrogen-bond acceptors (Lipinski definition) is 2. The van der Waals surface area contributed by atoms with E-state index in [1.807, 2.05) is 0 Å². The third kappa shape index (κ3) is 3.21. The van der Waals surface area contributed by atoms with Crippen LogP contribution in [0.1, 0.15) is 58.3 Å². The molecule has 1 saturated carbocycles. The molecule has 2 N–H and O–H groups in total. The third-order valence-corrected chi connectivity index (χ3v) is 4.55. The first-order valence-corrected chi connectivity index (χ1v) is 7.27. The summed E-state index contributed by atoms with van der Waals surface area (Å²) in [7, 11) is 0. The van der Waals surface area contributed by atoms with Gasteiger partial charge in [-0.3, -0.25) is 4.90 Å². The summed E-state index contributed by atoms with van der Waals surface area (Å²) >= 11 is 0. The van der Waals surface area contributed by atoms with Gasteiger partial charge in [-0.1, -0.05) is 26.2 Å². The molecule has 2 aliphatic rings. The number of nitrogens with zero attached hydrogens (tertiary/aromatic N) is 1. The van der Waals surface area contributed by atoms with Gasteiger partial charge in [0.15, 0.2) is 0 Å². The predicted octanol–water partition coefficient (Wildman–Crippen LogP) is 2.77. The Kier molecular flexibility index (Phi) is 4.66. The standard InChI is InChI=1S/C14H28N2/c1-12-6-5-10-16(11-9-12)14-8-4-2-3-7-13(14)15/h12-14H,2-11,15H2,1H3. The number of rotatable bonds is 1. The first-order valence-electron chi connectivity index (χ1n) is 7.27. The van der Waals surface area contributed by atoms with E-state index < -0.39 is 0 Å². The van der Waals surface area contributed by atoms with Crippen molar-refractivity contribution in [2.75, 3.05) is 13.1 Å². The van der Waals surface area contributed by atoms with Crippen LogP contribution in [0.2, 0.25) is 0 Å². The Morgan fingerprint density at radius 1 is 0.875 bits per heavy atom. The van der Waals surface area contributed by atoms with Crippen LogP contribution in [0.5, 0.6) is 0 Å². The van der Waals surface area contributed by atoms with E-state index in [0.717, 1.165) is 5.92 Å². The molecule has 94 valence electrons. The normalized spacial score (nSPS) is 39.0. The van der Waals surface area contributed by atoms with Crippen molar-refractivity contribution in [1.82, 2.24) is 4.90 Å². The van der Waals surface area contributed by atoms with E-state index in [-0.39, 0.29) is 0 Å². The van der Waals surface area contributed by atoms with Crippen LogP contribution in [0.25, 0.3) is 0 Å². The highest BCUT2D eigenvalue weighted by Crippen LogP contribution is 2.25. The van der Waals surface area contributed by atoms with Crippen molar-refractivity contribution in [2.45, 2.75) is 70.4 Å². The molecular weight excluding hydrogens is 196 g/mol. The molecule has 2 heteroatoms. The van der Waals surface area contributed by atoms with Gasteiger partial charge in [0.1, 0.15) is 0 Å². The van der Waals surface area contributed by atoms with Gasteiger partial charge >= 0.3 is 0 Å². The summed E-state index contributed by atoms with van der Waals surface area (Å²) in [5.74, 6) is 0.923. The highest BCUT2D eigenvalue weighted by Gasteiger charge is 2.27. The Bertz CT molecular complexity index is 205. The molecule has 1 saturated heterocycles. The second-order valence-electron chi connectivity index (χ2n) is 5.94. The minimum atomic E-state index is 0.441. The third-order valence-electron chi connectivity index (χ3n) is 4.55. The average Bonchev–Trinajstić information content (AvgIpc) is 2.59. The molecule has 0 bridgehead atoms. The van der Waals surface area contributed by atoms with E-state index >= 15 is 0 Å². The van der Waals surface area contributed by atoms with Gasteiger partial charge in [0.05, 0.1) is 0 Å². The Morgan fingerprint density at radius 2 is 1.69 bits per heavy atom. The van der Waals surface area contributed by atoms with Gasteiger partial charge < -0.3 is 5.73 Å². The van der Waals surface area contributed by atoms with Crippen molar-refractivity contribution in [3.05, 3.63) is 0 Å². The second kappa shape index (κ2) is 6.02. The van der Waals surface area contributed by atoms with E-state index in [4.69, 9.17) is 5.73 Å². The van der Waals surface area contributed by atoms with Crippen molar-refractivity contribution in [2.24, 2.45) is 11.7 Å². The highest BCUT2D eigenvalue weighted by molar-refractivity contribution is 4.85. The molecule has 0 amide bonds. The predicted molar refractivity (Wildman–Crippen MR) is 69.4 cm³/mol. The lowest BCUT2D eigenvalue weighted by molar-refractivity contribution is 0.167. The molecule has 1 aliphatic carbocycles. The topological polar surface area (TPSA) is 29.3 Å². The van der Waals surface area contributed by atoms with Crippen molar-refractivity contribution < 1.29 is 0 Å². The maximum atomic E-state index is 6.35. The first-order chi connectivity index (χ1) is 7.77. The lowest BCUT2D eigenvalue weighted by atomic mass is 10.0. The van der Waals surface area contributed by atoms with Crippen LogP contribution in [0, 0.1) is 5.92 Å². The van der Waals surface area contributed by atoms with Gasteiger partial charge in [-0.05, 0) is 51.1 Å². The molecule has 3 atom stereocenters. The molecule has 2 fully saturated rings. The zero-order valence-corrected chi connectivity index (χ0v) is 10.8. The van der Waals surface area contributed by atoms with Gasteiger partial charge in [-0.2, -0.15) is 0 Å². The van der Waals surface area contributed by atoms with Crippen LogP contribution < -0.4 is 5.73 Å². The summed E-state index contributed by atoms with van der Waals surface area (Å²) in [6, 6.07) is 1.13. The van der Waals surface area contributed by atoms with Gasteiger partial charge in [0, 0.05) is 12.1 Å². The maximum absolute atomic E-state index is 6.35. The molecule has 3 unspecified atom stereocenters. The lowest BCUT2D eigenvalue weighted by Gasteiger charge is -2.33. The molecular formula is C14H28N2. The quantitative estimate of drug-likeness (QED) is 0.694. The fourth-order valence-corrected chi connectivity index (χ4v) is 3.39. The van der Waals surface area contributed by atoms with Crippen molar-refractivity contribution in [1.29, 1.82) is 0 Å². The maximum Gasteiger partial charge on any atom is 0.0247 e. The minimum absolute atomic E-state index is 0.441. The first kappa shape index (κ1) is 12.4. The van der Waals surface area contributed by atoms with Crippen LogP contribution >= 0.6 is 0 Å². The zero-order chi connectivity index (χ0) is 11.4. The molecule has 1 heterocycles. The number of likely N-dealkylation sites (tertiary alicyclic amines) is 1. The van der Waals surface area contributed by atoms with Gasteiger partial charge in [0.25, 0.3) is 0 Å². The molecule has 16 heavy (non-hydrogen) atoms. The lowest BCUT2D eigenvalue weighted by Crippen LogP contribution is -2.47. The Morgan fingerprint density at radius 3 is 2.56 bits per heavy atom. The average molecular weight is 224 g/mol. The van der Waals surface area contributed by atoms with Gasteiger partial charge in [-0.25, -0.2) is 0 Å². The highest BCUT2D eigenvalue weighted by atomic mass is 15.2. The molecule has 2 rings (SSSR count). The molecule has 0 aromatic rings. The Labute approximate surface area is 101 Å². The fraction of sp³-hybridized carbons (Fsp3) is 1.00. The molecule has 2 nitrogen and oxygen atoms in total. The molecule has 0 radical (unpaired) electrons. The Hall–Kier alpha value is -0.0800. The van der Waals surface area contributed by atoms with Crippen molar-refractivity contribution in [3.63, 3.8) is 0 Å². The fourth-order valence-electron chi connectivity index (χ4n) is 3.39. The summed E-state index contributed by atoms with van der Waals surface area (Å²) in [4.78, 5) is 2.71. The number of nitrogens with two attached hydrogens (primary N) is 1. The summed E-state index contributed by atoms with van der Waals surface area (Å²) in [6.45, 7) is 4.98. The smallest absolute Gasteiger partial charge is 0.0247 e. The van der Waals surface area contributed by atoms with Crippen LogP contribution in [-0.4, -0.2) is 30.1 Å².